The smallest absolute Gasteiger partial charge is 0.0912 e. The number of nitrogens with zero attached hydrogens (tertiary/aromatic N) is 1. The summed E-state index contributed by atoms with van der Waals surface area (Å²) in [6.07, 6.45) is 25.9. The number of benzene rings is 1. The molecule has 0 bridgehead atoms. The van der Waals surface area contributed by atoms with Crippen molar-refractivity contribution < 1.29 is 0 Å². The summed E-state index contributed by atoms with van der Waals surface area (Å²) in [6, 6.07) is 11.3. The SMILES string of the molecule is CCc1ccc(CCCC[C@H]2CC[C@H]([C@H]3CC[C@H](C=CC=CC#N)CC3)CC2)cc1. The Labute approximate surface area is 185 Å². The third kappa shape index (κ3) is 7.46. The van der Waals surface area contributed by atoms with Crippen LogP contribution in [0.25, 0.3) is 0 Å². The summed E-state index contributed by atoms with van der Waals surface area (Å²) in [5.41, 5.74) is 2.97. The van der Waals surface area contributed by atoms with Gasteiger partial charge in [-0.15, -0.1) is 0 Å². The van der Waals surface area contributed by atoms with Crippen molar-refractivity contribution in [1.29, 1.82) is 5.26 Å². The predicted molar refractivity (Wildman–Crippen MR) is 128 cm³/mol. The van der Waals surface area contributed by atoms with Crippen molar-refractivity contribution in [1.82, 2.24) is 0 Å². The van der Waals surface area contributed by atoms with E-state index in [1.165, 1.54) is 88.2 Å². The van der Waals surface area contributed by atoms with Crippen molar-refractivity contribution in [3.05, 3.63) is 59.7 Å². The Hall–Kier alpha value is -1.81. The topological polar surface area (TPSA) is 23.8 Å². The molecule has 1 nitrogen and oxygen atoms in total. The molecule has 162 valence electrons. The molecule has 2 fully saturated rings. The Balaban J connectivity index is 1.27. The van der Waals surface area contributed by atoms with E-state index >= 15 is 0 Å². The molecule has 0 aromatic heterocycles. The normalized spacial score (nSPS) is 27.5. The molecule has 0 heterocycles. The zero-order valence-electron chi connectivity index (χ0n) is 19.1. The zero-order valence-corrected chi connectivity index (χ0v) is 19.1. The van der Waals surface area contributed by atoms with Gasteiger partial charge in [0.05, 0.1) is 6.07 Å². The molecular weight excluding hydrogens is 362 g/mol. The number of hydrogen-bond acceptors (Lipinski definition) is 1. The van der Waals surface area contributed by atoms with Crippen LogP contribution in [0.2, 0.25) is 0 Å². The first-order valence-electron chi connectivity index (χ1n) is 12.6. The predicted octanol–water partition coefficient (Wildman–Crippen LogP) is 8.21. The van der Waals surface area contributed by atoms with Crippen molar-refractivity contribution in [2.24, 2.45) is 23.7 Å². The molecule has 1 aromatic rings. The summed E-state index contributed by atoms with van der Waals surface area (Å²) in [5, 5.41) is 8.55. The van der Waals surface area contributed by atoms with Gasteiger partial charge >= 0.3 is 0 Å². The van der Waals surface area contributed by atoms with Crippen LogP contribution in [-0.4, -0.2) is 0 Å². The van der Waals surface area contributed by atoms with Crippen LogP contribution in [0.4, 0.5) is 0 Å². The molecule has 0 aliphatic heterocycles. The first kappa shape index (κ1) is 22.9. The molecule has 30 heavy (non-hydrogen) atoms. The van der Waals surface area contributed by atoms with Crippen LogP contribution in [0.1, 0.15) is 88.7 Å². The Kier molecular flexibility index (Phi) is 9.75. The molecule has 0 unspecified atom stereocenters. The summed E-state index contributed by atoms with van der Waals surface area (Å²) >= 11 is 0. The number of allylic oxidation sites excluding steroid dienone is 4. The average Bonchev–Trinajstić information content (AvgIpc) is 2.81. The lowest BCUT2D eigenvalue weighted by molar-refractivity contribution is 0.151. The van der Waals surface area contributed by atoms with E-state index in [-0.39, 0.29) is 0 Å². The lowest BCUT2D eigenvalue weighted by Gasteiger charge is -2.37. The number of aryl methyl sites for hydroxylation is 2. The highest BCUT2D eigenvalue weighted by atomic mass is 14.4. The van der Waals surface area contributed by atoms with Gasteiger partial charge in [-0.05, 0) is 92.6 Å². The molecule has 0 amide bonds. The molecule has 2 saturated carbocycles. The first-order valence-corrected chi connectivity index (χ1v) is 12.6. The second kappa shape index (κ2) is 12.8. The van der Waals surface area contributed by atoms with Crippen molar-refractivity contribution in [2.45, 2.75) is 90.4 Å². The Morgan fingerprint density at radius 3 is 2.10 bits per heavy atom. The second-order valence-corrected chi connectivity index (χ2v) is 9.74. The van der Waals surface area contributed by atoms with Crippen LogP contribution < -0.4 is 0 Å². The molecular formula is C29H41N. The van der Waals surface area contributed by atoms with Gasteiger partial charge in [-0.2, -0.15) is 5.26 Å². The zero-order chi connectivity index (χ0) is 21.0. The Bertz CT molecular complexity index is 689. The maximum absolute atomic E-state index is 8.55. The van der Waals surface area contributed by atoms with Crippen LogP contribution in [0.15, 0.2) is 48.6 Å². The van der Waals surface area contributed by atoms with Gasteiger partial charge in [0.15, 0.2) is 0 Å². The third-order valence-electron chi connectivity index (χ3n) is 7.80. The lowest BCUT2D eigenvalue weighted by atomic mass is 9.68. The Morgan fingerprint density at radius 1 is 0.833 bits per heavy atom. The monoisotopic (exact) mass is 403 g/mol. The molecule has 1 aromatic carbocycles. The summed E-state index contributed by atoms with van der Waals surface area (Å²) in [5.74, 6) is 3.71. The van der Waals surface area contributed by atoms with E-state index in [2.05, 4.69) is 49.4 Å². The summed E-state index contributed by atoms with van der Waals surface area (Å²) in [7, 11) is 0. The third-order valence-corrected chi connectivity index (χ3v) is 7.80. The van der Waals surface area contributed by atoms with Gasteiger partial charge in [-0.25, -0.2) is 0 Å². The van der Waals surface area contributed by atoms with E-state index in [0.29, 0.717) is 0 Å². The standard InChI is InChI=1S/C29H41N/c1-2-24-11-13-25(14-12-24)9-5-6-10-27-17-21-29(22-18-27)28-19-15-26(16-20-28)8-4-3-7-23-30/h3-4,7-8,11-14,26-29H,2,5-6,9-10,15-22H2,1H3/t26-,27-,28-,29-. The fraction of sp³-hybridized carbons (Fsp3) is 0.621. The molecule has 0 atom stereocenters. The molecule has 1 heteroatoms. The van der Waals surface area contributed by atoms with Crippen molar-refractivity contribution >= 4 is 0 Å². The maximum atomic E-state index is 8.55. The van der Waals surface area contributed by atoms with Gasteiger partial charge in [-0.3, -0.25) is 0 Å². The van der Waals surface area contributed by atoms with E-state index in [1.54, 1.807) is 6.08 Å². The van der Waals surface area contributed by atoms with Crippen molar-refractivity contribution in [2.75, 3.05) is 0 Å². The van der Waals surface area contributed by atoms with Gasteiger partial charge in [0, 0.05) is 6.08 Å². The summed E-state index contributed by atoms with van der Waals surface area (Å²) in [4.78, 5) is 0. The van der Waals surface area contributed by atoms with Crippen LogP contribution in [0, 0.1) is 35.0 Å². The second-order valence-electron chi connectivity index (χ2n) is 9.74. The summed E-state index contributed by atoms with van der Waals surface area (Å²) < 4.78 is 0. The molecule has 2 aliphatic rings. The minimum absolute atomic E-state index is 0.735. The van der Waals surface area contributed by atoms with Crippen LogP contribution in [-0.2, 0) is 12.8 Å². The van der Waals surface area contributed by atoms with Gasteiger partial charge in [0.1, 0.15) is 0 Å². The van der Waals surface area contributed by atoms with Crippen LogP contribution >= 0.6 is 0 Å². The average molecular weight is 404 g/mol. The van der Waals surface area contributed by atoms with Gasteiger partial charge < -0.3 is 0 Å². The molecule has 0 radical (unpaired) electrons. The molecule has 0 spiro atoms. The maximum Gasteiger partial charge on any atom is 0.0912 e. The van der Waals surface area contributed by atoms with Gasteiger partial charge in [0.25, 0.3) is 0 Å². The summed E-state index contributed by atoms with van der Waals surface area (Å²) in [6.45, 7) is 2.23. The van der Waals surface area contributed by atoms with Crippen molar-refractivity contribution in [3.63, 3.8) is 0 Å². The van der Waals surface area contributed by atoms with E-state index in [1.807, 2.05) is 6.08 Å². The van der Waals surface area contributed by atoms with E-state index < -0.39 is 0 Å². The quantitative estimate of drug-likeness (QED) is 0.231. The number of unbranched alkanes of at least 4 members (excludes halogenated alkanes) is 1. The largest absolute Gasteiger partial charge is 0.193 e. The minimum Gasteiger partial charge on any atom is -0.193 e. The van der Waals surface area contributed by atoms with Crippen molar-refractivity contribution in [3.8, 4) is 6.07 Å². The van der Waals surface area contributed by atoms with Crippen LogP contribution in [0.5, 0.6) is 0 Å². The van der Waals surface area contributed by atoms with Gasteiger partial charge in [-0.1, -0.05) is 75.1 Å². The first-order chi connectivity index (χ1) is 14.8. The Morgan fingerprint density at radius 2 is 1.47 bits per heavy atom. The fourth-order valence-corrected chi connectivity index (χ4v) is 5.78. The number of nitriles is 1. The van der Waals surface area contributed by atoms with E-state index in [0.717, 1.165) is 30.1 Å². The highest BCUT2D eigenvalue weighted by molar-refractivity contribution is 5.22. The number of rotatable bonds is 9. The molecule has 0 saturated heterocycles. The molecule has 2 aliphatic carbocycles. The van der Waals surface area contributed by atoms with E-state index in [9.17, 15) is 0 Å². The lowest BCUT2D eigenvalue weighted by Crippen LogP contribution is -2.25. The fourth-order valence-electron chi connectivity index (χ4n) is 5.78. The van der Waals surface area contributed by atoms with E-state index in [4.69, 9.17) is 5.26 Å². The molecule has 3 rings (SSSR count). The minimum atomic E-state index is 0.735. The van der Waals surface area contributed by atoms with Crippen LogP contribution in [0.3, 0.4) is 0 Å². The molecule has 0 N–H and O–H groups in total. The highest BCUT2D eigenvalue weighted by Crippen LogP contribution is 2.42. The highest BCUT2D eigenvalue weighted by Gasteiger charge is 2.30. The number of hydrogen-bond donors (Lipinski definition) is 0. The van der Waals surface area contributed by atoms with Gasteiger partial charge in [0.2, 0.25) is 0 Å².